The second-order valence-electron chi connectivity index (χ2n) is 10.5. The average molecular weight is 607 g/mol. The topological polar surface area (TPSA) is 117 Å². The Morgan fingerprint density at radius 2 is 1.27 bits per heavy atom. The monoisotopic (exact) mass is 606 g/mol. The Bertz CT molecular complexity index is 1370. The molecule has 5 rings (SSSR count). The van der Waals surface area contributed by atoms with Crippen LogP contribution < -0.4 is 11.2 Å². The fraction of sp³-hybridized carbons (Fsp3) is 0.375. The third-order valence-corrected chi connectivity index (χ3v) is 7.49. The van der Waals surface area contributed by atoms with Gasteiger partial charge in [0.25, 0.3) is 4.92 Å². The van der Waals surface area contributed by atoms with Gasteiger partial charge in [0.1, 0.15) is 0 Å². The molecule has 4 N–H and O–H groups in total. The maximum Gasteiger partial charge on any atom is 0.449 e. The molecule has 0 bridgehead atoms. The summed E-state index contributed by atoms with van der Waals surface area (Å²) in [6.07, 6.45) is 9.26. The number of benzene rings is 2. The number of quaternary nitrogens is 2. The molecule has 0 saturated carbocycles. The molecular formula is C32H42N6O6+2. The largest absolute Gasteiger partial charge is 0.449 e. The summed E-state index contributed by atoms with van der Waals surface area (Å²) in [4.78, 5) is 49.1. The van der Waals surface area contributed by atoms with Crippen LogP contribution in [0.1, 0.15) is 37.8 Å². The van der Waals surface area contributed by atoms with E-state index in [0.29, 0.717) is 34.3 Å². The Labute approximate surface area is 257 Å². The van der Waals surface area contributed by atoms with Crippen molar-refractivity contribution < 1.29 is 40.4 Å². The highest BCUT2D eigenvalue weighted by Crippen LogP contribution is 2.32. The summed E-state index contributed by atoms with van der Waals surface area (Å²) in [6.45, 7) is 5.23. The molecule has 1 aliphatic carbocycles. The average Bonchev–Trinajstić information content (AvgIpc) is 3.67. The third kappa shape index (κ3) is 7.58. The summed E-state index contributed by atoms with van der Waals surface area (Å²) in [5.74, 6) is 0. The highest BCUT2D eigenvalue weighted by molar-refractivity contribution is 5.52. The highest BCUT2D eigenvalue weighted by atomic mass is 16.8. The molecule has 2 aliphatic heterocycles. The van der Waals surface area contributed by atoms with Crippen LogP contribution in [0.4, 0.5) is 0 Å². The van der Waals surface area contributed by atoms with Crippen molar-refractivity contribution in [3.63, 3.8) is 0 Å². The molecule has 2 unspecified atom stereocenters. The van der Waals surface area contributed by atoms with Crippen molar-refractivity contribution in [3.05, 3.63) is 129 Å². The first kappa shape index (κ1) is 31.1. The van der Waals surface area contributed by atoms with Crippen molar-refractivity contribution in [2.45, 2.75) is 52.0 Å². The lowest BCUT2D eigenvalue weighted by Gasteiger charge is -2.34. The predicted octanol–water partition coefficient (Wildman–Crippen LogP) is 2.30. The minimum Gasteiger partial charge on any atom is -0.267 e. The van der Waals surface area contributed by atoms with Gasteiger partial charge >= 0.3 is 12.5 Å². The van der Waals surface area contributed by atoms with Crippen molar-refractivity contribution in [2.75, 3.05) is 26.3 Å². The number of hydrogen-bond donors (Lipinski definition) is 2. The normalized spacial score (nSPS) is 23.0. The van der Waals surface area contributed by atoms with E-state index in [9.17, 15) is 9.81 Å². The molecule has 0 amide bonds. The first-order valence-electron chi connectivity index (χ1n) is 15.2. The van der Waals surface area contributed by atoms with Gasteiger partial charge in [-0.1, -0.05) is 71.1 Å². The van der Waals surface area contributed by atoms with Crippen LogP contribution in [0, 0.1) is 22.7 Å². The molecule has 2 heterocycles. The standard InChI is InChI=1S/C32H40N6O6/c1-3-41-37(39)31-29(35(33-43-31)22-12-18-25-14-7-5-8-15-25)27-20-11-21-28(24-27)30-32(38(40)42-4-2)44-34-36(30)23-13-19-26-16-9-6-10-17-26/h5-11,14-17,20-21,24,31-34H,3-4,12-13,18-19,22-23H2,1-2H3/p+2/b29-27-,30-28+. The van der Waals surface area contributed by atoms with E-state index in [4.69, 9.17) is 19.4 Å². The van der Waals surface area contributed by atoms with Crippen molar-refractivity contribution in [2.24, 2.45) is 0 Å². The molecule has 2 fully saturated rings. The Balaban J connectivity index is 1.40. The van der Waals surface area contributed by atoms with Gasteiger partial charge < -0.3 is 0 Å². The third-order valence-electron chi connectivity index (χ3n) is 7.49. The molecule has 2 aromatic rings. The lowest BCUT2D eigenvalue weighted by atomic mass is 9.92. The summed E-state index contributed by atoms with van der Waals surface area (Å²) in [5, 5.41) is 3.93. The van der Waals surface area contributed by atoms with E-state index < -0.39 is 12.5 Å². The molecule has 12 nitrogen and oxygen atoms in total. The Morgan fingerprint density at radius 3 is 1.80 bits per heavy atom. The zero-order valence-electron chi connectivity index (χ0n) is 25.3. The van der Waals surface area contributed by atoms with Gasteiger partial charge in [0.05, 0.1) is 22.9 Å². The van der Waals surface area contributed by atoms with Crippen LogP contribution in [0.15, 0.2) is 95.4 Å². The molecule has 3 aliphatic rings. The van der Waals surface area contributed by atoms with E-state index >= 15 is 0 Å². The molecule has 2 saturated heterocycles. The van der Waals surface area contributed by atoms with Gasteiger partial charge in [-0.15, -0.1) is 10.4 Å². The smallest absolute Gasteiger partial charge is 0.267 e. The first-order chi connectivity index (χ1) is 21.6. The zero-order chi connectivity index (χ0) is 30.7. The highest BCUT2D eigenvalue weighted by Gasteiger charge is 2.48. The van der Waals surface area contributed by atoms with E-state index in [1.54, 1.807) is 25.0 Å². The summed E-state index contributed by atoms with van der Waals surface area (Å²) in [6, 6.07) is 20.6. The van der Waals surface area contributed by atoms with E-state index in [-0.39, 0.29) is 13.2 Å². The van der Waals surface area contributed by atoms with E-state index in [1.165, 1.54) is 11.1 Å². The Kier molecular flexibility index (Phi) is 10.9. The second kappa shape index (κ2) is 15.4. The number of hydrogen-bond acceptors (Lipinski definition) is 8. The number of rotatable bonds is 14. The molecule has 2 aromatic carbocycles. The predicted molar refractivity (Wildman–Crippen MR) is 159 cm³/mol. The molecule has 44 heavy (non-hydrogen) atoms. The van der Waals surface area contributed by atoms with Crippen molar-refractivity contribution in [1.82, 2.24) is 10.0 Å². The summed E-state index contributed by atoms with van der Waals surface area (Å²) < 4.78 is 0. The van der Waals surface area contributed by atoms with E-state index in [1.807, 2.05) is 71.4 Å². The van der Waals surface area contributed by atoms with Crippen LogP contribution in [-0.2, 0) is 32.2 Å². The van der Waals surface area contributed by atoms with Gasteiger partial charge in [-0.25, -0.2) is 40.2 Å². The lowest BCUT2D eigenvalue weighted by molar-refractivity contribution is -1.01. The SMILES string of the molecule is CCO[N+](=O)C1O[NH2+]N(CCCc2ccccc2)/C1=C1/C=C[CH-]/C(=C2/C([N+](=O)OCC)O[NH2+]N2CCCc2ccccc2)[CH-]1. The van der Waals surface area contributed by atoms with Crippen LogP contribution in [0.2, 0.25) is 0 Å². The van der Waals surface area contributed by atoms with Crippen molar-refractivity contribution >= 4 is 0 Å². The summed E-state index contributed by atoms with van der Waals surface area (Å²) in [5.41, 5.74) is 8.57. The molecule has 12 heteroatoms. The van der Waals surface area contributed by atoms with Crippen molar-refractivity contribution in [1.29, 1.82) is 0 Å². The number of allylic oxidation sites excluding steroid dienone is 4. The lowest BCUT2D eigenvalue weighted by Crippen LogP contribution is -2.88. The minimum absolute atomic E-state index is 0.214. The fourth-order valence-corrected chi connectivity index (χ4v) is 5.47. The first-order valence-corrected chi connectivity index (χ1v) is 15.2. The zero-order valence-corrected chi connectivity index (χ0v) is 25.3. The van der Waals surface area contributed by atoms with E-state index in [0.717, 1.165) is 36.8 Å². The number of nitrogens with two attached hydrogens (primary N) is 2. The van der Waals surface area contributed by atoms with Gasteiger partial charge in [-0.05, 0) is 50.7 Å². The molecule has 0 spiro atoms. The van der Waals surface area contributed by atoms with Crippen LogP contribution >= 0.6 is 0 Å². The van der Waals surface area contributed by atoms with Crippen LogP contribution in [0.25, 0.3) is 0 Å². The van der Waals surface area contributed by atoms with Gasteiger partial charge in [0, 0.05) is 5.70 Å². The van der Waals surface area contributed by atoms with E-state index in [2.05, 4.69) is 24.3 Å². The number of nitrogens with zero attached hydrogens (tertiary/aromatic N) is 4. The molecule has 234 valence electrons. The van der Waals surface area contributed by atoms with Gasteiger partial charge in [0.2, 0.25) is 4.92 Å². The maximum atomic E-state index is 12.9. The Morgan fingerprint density at radius 1 is 0.773 bits per heavy atom. The summed E-state index contributed by atoms with van der Waals surface area (Å²) in [7, 11) is 0. The van der Waals surface area contributed by atoms with Crippen molar-refractivity contribution in [3.8, 4) is 0 Å². The second-order valence-corrected chi connectivity index (χ2v) is 10.5. The van der Waals surface area contributed by atoms with Gasteiger partial charge in [0.15, 0.2) is 18.9 Å². The molecule has 0 aromatic heterocycles. The number of aryl methyl sites for hydroxylation is 2. The maximum absolute atomic E-state index is 12.9. The molecule has 0 radical (unpaired) electrons. The van der Waals surface area contributed by atoms with Crippen LogP contribution in [-0.4, -0.2) is 58.6 Å². The summed E-state index contributed by atoms with van der Waals surface area (Å²) >= 11 is 0. The Hall–Kier alpha value is -4.36. The van der Waals surface area contributed by atoms with Gasteiger partial charge in [-0.2, -0.15) is 10.6 Å². The van der Waals surface area contributed by atoms with Crippen LogP contribution in [0.5, 0.6) is 0 Å². The van der Waals surface area contributed by atoms with Gasteiger partial charge in [-0.3, -0.25) is 5.01 Å². The van der Waals surface area contributed by atoms with Crippen LogP contribution in [0.3, 0.4) is 0 Å². The molecular weight excluding hydrogens is 564 g/mol. The minimum atomic E-state index is -0.976. The fourth-order valence-electron chi connectivity index (χ4n) is 5.47. The quantitative estimate of drug-likeness (QED) is 0.191. The molecule has 2 atom stereocenters.